The Hall–Kier alpha value is -2.76. The molecular weight excluding hydrogens is 541 g/mol. The summed E-state index contributed by atoms with van der Waals surface area (Å²) in [7, 11) is -2.95. The van der Waals surface area contributed by atoms with Crippen molar-refractivity contribution in [1.29, 1.82) is 0 Å². The van der Waals surface area contributed by atoms with Crippen LogP contribution < -0.4 is 19.1 Å². The average Bonchev–Trinajstić information content (AvgIpc) is 2.83. The number of nitrogens with zero attached hydrogens (tertiary/aromatic N) is 2. The second-order valence-corrected chi connectivity index (χ2v) is 10.4. The Labute approximate surface area is 216 Å². The largest absolute Gasteiger partial charge is 0.495 e. The Bertz CT molecular complexity index is 1380. The lowest BCUT2D eigenvalue weighted by molar-refractivity contribution is 0.102. The highest BCUT2D eigenvalue weighted by atomic mass is 35.5. The van der Waals surface area contributed by atoms with Crippen LogP contribution in [0, 0.1) is 0 Å². The molecule has 2 aromatic carbocycles. The number of methoxy groups -OCH3 is 1. The molecule has 1 unspecified atom stereocenters. The number of ether oxygens (including phenoxy) is 2. The minimum atomic E-state index is -4.28. The van der Waals surface area contributed by atoms with Crippen LogP contribution in [0.5, 0.6) is 11.5 Å². The molecule has 3 aromatic rings. The van der Waals surface area contributed by atoms with Gasteiger partial charge in [-0.1, -0.05) is 40.9 Å². The zero-order chi connectivity index (χ0) is 25.3. The van der Waals surface area contributed by atoms with Crippen molar-refractivity contribution in [2.45, 2.75) is 11.0 Å². The highest BCUT2D eigenvalue weighted by molar-refractivity contribution is 7.93. The van der Waals surface area contributed by atoms with E-state index in [0.717, 1.165) is 4.31 Å². The summed E-state index contributed by atoms with van der Waals surface area (Å²) < 4.78 is 39.2. The molecule has 184 valence electrons. The van der Waals surface area contributed by atoms with E-state index in [1.807, 2.05) is 0 Å². The van der Waals surface area contributed by atoms with E-state index in [-0.39, 0.29) is 55.2 Å². The number of halogens is 3. The van der Waals surface area contributed by atoms with Crippen LogP contribution >= 0.6 is 34.8 Å². The number of carbonyl (C=O) groups is 1. The molecule has 35 heavy (non-hydrogen) atoms. The van der Waals surface area contributed by atoms with Crippen LogP contribution in [-0.4, -0.2) is 50.8 Å². The van der Waals surface area contributed by atoms with Gasteiger partial charge in [0.2, 0.25) is 0 Å². The van der Waals surface area contributed by atoms with E-state index in [9.17, 15) is 18.3 Å². The first-order chi connectivity index (χ1) is 16.6. The van der Waals surface area contributed by atoms with Gasteiger partial charge >= 0.3 is 0 Å². The van der Waals surface area contributed by atoms with Crippen LogP contribution in [0.2, 0.25) is 15.1 Å². The Morgan fingerprint density at radius 1 is 1.20 bits per heavy atom. The predicted octanol–water partition coefficient (Wildman–Crippen LogP) is 4.25. The summed E-state index contributed by atoms with van der Waals surface area (Å²) in [6.07, 6.45) is -0.855. The van der Waals surface area contributed by atoms with Crippen molar-refractivity contribution in [2.24, 2.45) is 0 Å². The van der Waals surface area contributed by atoms with Gasteiger partial charge in [-0.05, 0) is 42.5 Å². The molecule has 4 rings (SSSR count). The van der Waals surface area contributed by atoms with Crippen molar-refractivity contribution in [3.63, 3.8) is 0 Å². The molecule has 1 atom stereocenters. The number of anilines is 2. The van der Waals surface area contributed by atoms with E-state index in [1.165, 1.54) is 49.6 Å². The summed E-state index contributed by atoms with van der Waals surface area (Å²) in [4.78, 5) is 16.9. The topological polar surface area (TPSA) is 118 Å². The third kappa shape index (κ3) is 4.98. The number of benzene rings is 2. The predicted molar refractivity (Wildman–Crippen MR) is 133 cm³/mol. The molecule has 1 amide bonds. The zero-order valence-electron chi connectivity index (χ0n) is 18.0. The summed E-state index contributed by atoms with van der Waals surface area (Å²) in [5.41, 5.74) is 0.0418. The summed E-state index contributed by atoms with van der Waals surface area (Å²) >= 11 is 18.3. The second-order valence-electron chi connectivity index (χ2n) is 7.32. The van der Waals surface area contributed by atoms with Crippen LogP contribution in [0.1, 0.15) is 10.4 Å². The van der Waals surface area contributed by atoms with Gasteiger partial charge in [0, 0.05) is 5.02 Å². The molecule has 0 aliphatic carbocycles. The molecule has 0 fully saturated rings. The first-order valence-electron chi connectivity index (χ1n) is 10.1. The monoisotopic (exact) mass is 557 g/mol. The Morgan fingerprint density at radius 3 is 2.57 bits per heavy atom. The van der Waals surface area contributed by atoms with Crippen molar-refractivity contribution < 1.29 is 27.8 Å². The third-order valence-corrected chi connectivity index (χ3v) is 7.71. The SMILES string of the molecule is COc1ccc(Cl)cc1S(=O)(=O)N1CC(CO)Oc2ccc(NC(=O)c3c(Cl)cccc3Cl)nc21. The minimum absolute atomic E-state index is 0.0223. The minimum Gasteiger partial charge on any atom is -0.495 e. The van der Waals surface area contributed by atoms with Gasteiger partial charge in [-0.3, -0.25) is 4.79 Å². The Balaban J connectivity index is 1.76. The molecule has 1 aliphatic heterocycles. The fourth-order valence-corrected chi connectivity index (χ4v) is 5.88. The standard InChI is InChI=1S/C22H18Cl3N3O6S/c1-33-16-6-5-12(23)9-18(16)35(31,32)28-10-13(11-29)34-17-7-8-19(26-21(17)28)27-22(30)20-14(24)3-2-4-15(20)25/h2-9,13,29H,10-11H2,1H3,(H,26,27,30). The van der Waals surface area contributed by atoms with E-state index >= 15 is 0 Å². The lowest BCUT2D eigenvalue weighted by atomic mass is 10.2. The highest BCUT2D eigenvalue weighted by Gasteiger charge is 2.37. The van der Waals surface area contributed by atoms with Crippen molar-refractivity contribution in [3.05, 3.63) is 69.2 Å². The number of hydrogen-bond donors (Lipinski definition) is 2. The lowest BCUT2D eigenvalue weighted by Gasteiger charge is -2.34. The lowest BCUT2D eigenvalue weighted by Crippen LogP contribution is -2.45. The number of rotatable bonds is 6. The van der Waals surface area contributed by atoms with Crippen molar-refractivity contribution in [2.75, 3.05) is 29.9 Å². The molecule has 9 nitrogen and oxygen atoms in total. The van der Waals surface area contributed by atoms with E-state index in [0.29, 0.717) is 0 Å². The first kappa shape index (κ1) is 25.3. The van der Waals surface area contributed by atoms with Gasteiger partial charge in [0.05, 0.1) is 35.9 Å². The summed E-state index contributed by atoms with van der Waals surface area (Å²) in [5, 5.41) is 12.7. The quantitative estimate of drug-likeness (QED) is 0.464. The molecule has 13 heteroatoms. The number of aliphatic hydroxyl groups is 1. The maximum absolute atomic E-state index is 13.7. The maximum atomic E-state index is 13.7. The molecule has 0 spiro atoms. The van der Waals surface area contributed by atoms with Crippen LogP contribution in [0.4, 0.5) is 11.6 Å². The van der Waals surface area contributed by atoms with Gasteiger partial charge in [0.25, 0.3) is 15.9 Å². The molecule has 2 N–H and O–H groups in total. The number of sulfonamides is 1. The van der Waals surface area contributed by atoms with Gasteiger partial charge in [-0.25, -0.2) is 17.7 Å². The Morgan fingerprint density at radius 2 is 1.91 bits per heavy atom. The van der Waals surface area contributed by atoms with Crippen LogP contribution in [0.3, 0.4) is 0 Å². The van der Waals surface area contributed by atoms with Crippen molar-refractivity contribution >= 4 is 62.4 Å². The first-order valence-corrected chi connectivity index (χ1v) is 12.6. The van der Waals surface area contributed by atoms with Gasteiger partial charge in [-0.15, -0.1) is 0 Å². The number of aliphatic hydroxyl groups excluding tert-OH is 1. The second kappa shape index (κ2) is 10.1. The molecule has 0 radical (unpaired) electrons. The summed E-state index contributed by atoms with van der Waals surface area (Å²) in [6.45, 7) is -0.691. The summed E-state index contributed by atoms with van der Waals surface area (Å²) in [6, 6.07) is 11.7. The fourth-order valence-electron chi connectivity index (χ4n) is 3.44. The molecule has 0 saturated heterocycles. The Kier molecular flexibility index (Phi) is 7.30. The third-order valence-electron chi connectivity index (χ3n) is 5.07. The van der Waals surface area contributed by atoms with Crippen LogP contribution in [-0.2, 0) is 10.0 Å². The normalized spacial score (nSPS) is 15.2. The number of carbonyl (C=O) groups excluding carboxylic acids is 1. The number of nitrogens with one attached hydrogen (secondary N) is 1. The number of amides is 1. The number of hydrogen-bond acceptors (Lipinski definition) is 7. The van der Waals surface area contributed by atoms with E-state index in [2.05, 4.69) is 10.3 Å². The van der Waals surface area contributed by atoms with Crippen LogP contribution in [0.15, 0.2) is 53.4 Å². The molecule has 1 aliphatic rings. The van der Waals surface area contributed by atoms with Gasteiger partial charge < -0.3 is 19.9 Å². The van der Waals surface area contributed by atoms with E-state index in [1.54, 1.807) is 6.07 Å². The molecule has 2 heterocycles. The maximum Gasteiger partial charge on any atom is 0.269 e. The average molecular weight is 559 g/mol. The van der Waals surface area contributed by atoms with Gasteiger partial charge in [0.15, 0.2) is 11.6 Å². The number of aromatic nitrogens is 1. The highest BCUT2D eigenvalue weighted by Crippen LogP contribution is 2.39. The number of fused-ring (bicyclic) bond motifs is 1. The molecule has 1 aromatic heterocycles. The molecular formula is C22H18Cl3N3O6S. The molecule has 0 saturated carbocycles. The molecule has 0 bridgehead atoms. The van der Waals surface area contributed by atoms with Gasteiger partial charge in [0.1, 0.15) is 22.6 Å². The fraction of sp³-hybridized carbons (Fsp3) is 0.182. The van der Waals surface area contributed by atoms with E-state index < -0.39 is 28.6 Å². The smallest absolute Gasteiger partial charge is 0.269 e. The number of pyridine rings is 1. The van der Waals surface area contributed by atoms with Crippen LogP contribution in [0.25, 0.3) is 0 Å². The van der Waals surface area contributed by atoms with E-state index in [4.69, 9.17) is 44.3 Å². The zero-order valence-corrected chi connectivity index (χ0v) is 21.1. The van der Waals surface area contributed by atoms with Gasteiger partial charge in [-0.2, -0.15) is 0 Å². The van der Waals surface area contributed by atoms with Crippen molar-refractivity contribution in [3.8, 4) is 11.5 Å². The van der Waals surface area contributed by atoms with Crippen molar-refractivity contribution in [1.82, 2.24) is 4.98 Å². The summed E-state index contributed by atoms with van der Waals surface area (Å²) in [5.74, 6) is -0.549.